The fourth-order valence-corrected chi connectivity index (χ4v) is 2.49. The molecule has 26 heavy (non-hydrogen) atoms. The largest absolute Gasteiger partial charge is 0.506 e. The summed E-state index contributed by atoms with van der Waals surface area (Å²) < 4.78 is 0. The molecule has 2 aromatic heterocycles. The Morgan fingerprint density at radius 3 is 1.50 bits per heavy atom. The number of phenols is 2. The van der Waals surface area contributed by atoms with Crippen molar-refractivity contribution in [2.45, 2.75) is 26.7 Å². The molecule has 0 saturated carbocycles. The first kappa shape index (κ1) is 17.5. The fraction of sp³-hybridized carbons (Fsp3) is 0.200. The quantitative estimate of drug-likeness (QED) is 0.572. The van der Waals surface area contributed by atoms with Crippen molar-refractivity contribution in [1.82, 2.24) is 19.9 Å². The van der Waals surface area contributed by atoms with Crippen molar-refractivity contribution in [3.8, 4) is 11.5 Å². The summed E-state index contributed by atoms with van der Waals surface area (Å²) in [5.74, 6) is 1.95. The molecule has 4 rings (SSSR count). The maximum atomic E-state index is 9.50. The number of phenolic OH excluding ortho intramolecular Hbond substituents is 2. The van der Waals surface area contributed by atoms with E-state index >= 15 is 0 Å². The van der Waals surface area contributed by atoms with E-state index in [-0.39, 0.29) is 11.5 Å². The van der Waals surface area contributed by atoms with Crippen molar-refractivity contribution in [1.29, 1.82) is 0 Å². The van der Waals surface area contributed by atoms with Crippen molar-refractivity contribution < 1.29 is 10.2 Å². The topological polar surface area (TPSA) is 92.0 Å². The third-order valence-corrected chi connectivity index (χ3v) is 3.91. The van der Waals surface area contributed by atoms with Gasteiger partial charge in [0, 0.05) is 36.0 Å². The minimum absolute atomic E-state index is 0.217. The molecule has 0 saturated heterocycles. The number of hydrogen-bond acceptors (Lipinski definition) is 6. The molecule has 4 aromatic rings. The van der Waals surface area contributed by atoms with Crippen molar-refractivity contribution in [3.05, 3.63) is 60.4 Å². The number of nitrogens with zero attached hydrogens (tertiary/aromatic N) is 4. The number of hydrogen-bond donors (Lipinski definition) is 2. The molecule has 2 aromatic carbocycles. The van der Waals surface area contributed by atoms with E-state index in [2.05, 4.69) is 19.9 Å². The monoisotopic (exact) mass is 348 g/mol. The lowest BCUT2D eigenvalue weighted by molar-refractivity contribution is 0.479. The Hall–Kier alpha value is -3.28. The van der Waals surface area contributed by atoms with Gasteiger partial charge in [-0.2, -0.15) is 0 Å². The van der Waals surface area contributed by atoms with Gasteiger partial charge in [-0.05, 0) is 12.1 Å². The van der Waals surface area contributed by atoms with Crippen molar-refractivity contribution in [2.75, 3.05) is 0 Å². The average molecular weight is 348 g/mol. The maximum absolute atomic E-state index is 9.50. The van der Waals surface area contributed by atoms with E-state index in [4.69, 9.17) is 0 Å². The van der Waals surface area contributed by atoms with Gasteiger partial charge in [0.25, 0.3) is 0 Å². The number of aromatic nitrogens is 4. The molecule has 2 heterocycles. The third kappa shape index (κ3) is 3.69. The second-order valence-electron chi connectivity index (χ2n) is 5.71. The highest BCUT2D eigenvalue weighted by Gasteiger charge is 2.02. The number of fused-ring (bicyclic) bond motifs is 2. The van der Waals surface area contributed by atoms with Crippen LogP contribution in [0.15, 0.2) is 48.8 Å². The zero-order valence-corrected chi connectivity index (χ0v) is 14.7. The van der Waals surface area contributed by atoms with E-state index in [0.29, 0.717) is 11.0 Å². The van der Waals surface area contributed by atoms with Crippen LogP contribution < -0.4 is 0 Å². The van der Waals surface area contributed by atoms with Crippen LogP contribution >= 0.6 is 0 Å². The Labute approximate surface area is 151 Å². The minimum Gasteiger partial charge on any atom is -0.506 e. The van der Waals surface area contributed by atoms with E-state index in [1.165, 1.54) is 0 Å². The van der Waals surface area contributed by atoms with E-state index in [9.17, 15) is 10.2 Å². The predicted octanol–water partition coefficient (Wildman–Crippen LogP) is 3.80. The Morgan fingerprint density at radius 2 is 1.12 bits per heavy atom. The summed E-state index contributed by atoms with van der Waals surface area (Å²) in [5, 5.41) is 20.7. The second kappa shape index (κ2) is 7.74. The van der Waals surface area contributed by atoms with Gasteiger partial charge in [-0.25, -0.2) is 19.9 Å². The molecule has 0 radical (unpaired) electrons. The summed E-state index contributed by atoms with van der Waals surface area (Å²) in [7, 11) is 0. The maximum Gasteiger partial charge on any atom is 0.141 e. The Bertz CT molecular complexity index is 965. The van der Waals surface area contributed by atoms with Gasteiger partial charge < -0.3 is 10.2 Å². The van der Waals surface area contributed by atoms with E-state index in [1.54, 1.807) is 36.7 Å². The first-order chi connectivity index (χ1) is 12.6. The zero-order chi connectivity index (χ0) is 18.5. The summed E-state index contributed by atoms with van der Waals surface area (Å²) in [4.78, 5) is 16.8. The summed E-state index contributed by atoms with van der Waals surface area (Å²) in [6.45, 7) is 3.97. The normalized spacial score (nSPS) is 10.5. The van der Waals surface area contributed by atoms with E-state index in [0.717, 1.165) is 35.3 Å². The third-order valence-electron chi connectivity index (χ3n) is 3.91. The summed E-state index contributed by atoms with van der Waals surface area (Å²) in [5.41, 5.74) is 1.27. The molecule has 0 aliphatic rings. The molecular formula is C20H20N4O2. The van der Waals surface area contributed by atoms with Crippen molar-refractivity contribution in [3.63, 3.8) is 0 Å². The van der Waals surface area contributed by atoms with Crippen LogP contribution in [0, 0.1) is 0 Å². The highest BCUT2D eigenvalue weighted by molar-refractivity contribution is 5.83. The highest BCUT2D eigenvalue weighted by atomic mass is 16.3. The molecule has 0 unspecified atom stereocenters. The lowest BCUT2D eigenvalue weighted by Gasteiger charge is -2.00. The highest BCUT2D eigenvalue weighted by Crippen LogP contribution is 2.22. The molecule has 0 atom stereocenters. The van der Waals surface area contributed by atoms with Gasteiger partial charge in [-0.1, -0.05) is 38.1 Å². The Kier molecular flexibility index (Phi) is 5.22. The van der Waals surface area contributed by atoms with Crippen LogP contribution in [0.2, 0.25) is 0 Å². The number of aryl methyl sites for hydroxylation is 2. The first-order valence-electron chi connectivity index (χ1n) is 8.49. The van der Waals surface area contributed by atoms with Crippen LogP contribution in [0.25, 0.3) is 21.8 Å². The van der Waals surface area contributed by atoms with Crippen LogP contribution in [-0.2, 0) is 12.8 Å². The number of aromatic hydroxyl groups is 2. The summed E-state index contributed by atoms with van der Waals surface area (Å²) in [6, 6.07) is 10.6. The molecule has 0 bridgehead atoms. The molecule has 6 heteroatoms. The lowest BCUT2D eigenvalue weighted by atomic mass is 10.2. The number of para-hydroxylation sites is 2. The average Bonchev–Trinajstić information content (AvgIpc) is 2.69. The Balaban J connectivity index is 0.000000151. The first-order valence-corrected chi connectivity index (χ1v) is 8.49. The van der Waals surface area contributed by atoms with Gasteiger partial charge in [-0.3, -0.25) is 0 Å². The summed E-state index contributed by atoms with van der Waals surface area (Å²) >= 11 is 0. The smallest absolute Gasteiger partial charge is 0.141 e. The van der Waals surface area contributed by atoms with Gasteiger partial charge >= 0.3 is 0 Å². The summed E-state index contributed by atoms with van der Waals surface area (Å²) in [6.07, 6.45) is 5.04. The van der Waals surface area contributed by atoms with Crippen LogP contribution in [0.4, 0.5) is 0 Å². The van der Waals surface area contributed by atoms with Crippen LogP contribution in [-0.4, -0.2) is 30.1 Å². The molecule has 0 spiro atoms. The number of rotatable bonds is 2. The SMILES string of the molecule is CCc1ncc2cccc(O)c2n1.CCc1ncc2cccc(O)c2n1. The lowest BCUT2D eigenvalue weighted by Crippen LogP contribution is -1.92. The second-order valence-corrected chi connectivity index (χ2v) is 5.71. The molecule has 0 amide bonds. The van der Waals surface area contributed by atoms with Crippen molar-refractivity contribution >= 4 is 21.8 Å². The fourth-order valence-electron chi connectivity index (χ4n) is 2.49. The standard InChI is InChI=1S/2C10H10N2O/c2*1-2-9-11-6-7-4-3-5-8(13)10(7)12-9/h2*3-6,13H,2H2,1H3. The molecule has 0 aliphatic heterocycles. The minimum atomic E-state index is 0.217. The van der Waals surface area contributed by atoms with Gasteiger partial charge in [0.15, 0.2) is 0 Å². The molecule has 132 valence electrons. The molecule has 0 aliphatic carbocycles. The van der Waals surface area contributed by atoms with Gasteiger partial charge in [0.05, 0.1) is 0 Å². The van der Waals surface area contributed by atoms with Crippen LogP contribution in [0.3, 0.4) is 0 Å². The Morgan fingerprint density at radius 1 is 0.692 bits per heavy atom. The van der Waals surface area contributed by atoms with Crippen LogP contribution in [0.1, 0.15) is 25.5 Å². The molecule has 2 N–H and O–H groups in total. The molecule has 6 nitrogen and oxygen atoms in total. The molecular weight excluding hydrogens is 328 g/mol. The molecule has 0 fully saturated rings. The number of benzene rings is 2. The van der Waals surface area contributed by atoms with Crippen LogP contribution in [0.5, 0.6) is 11.5 Å². The van der Waals surface area contributed by atoms with Crippen molar-refractivity contribution in [2.24, 2.45) is 0 Å². The van der Waals surface area contributed by atoms with E-state index < -0.39 is 0 Å². The van der Waals surface area contributed by atoms with E-state index in [1.807, 2.05) is 26.0 Å². The zero-order valence-electron chi connectivity index (χ0n) is 14.7. The predicted molar refractivity (Wildman–Crippen MR) is 101 cm³/mol. The van der Waals surface area contributed by atoms with Gasteiger partial charge in [0.1, 0.15) is 34.2 Å². The van der Waals surface area contributed by atoms with Gasteiger partial charge in [-0.15, -0.1) is 0 Å². The van der Waals surface area contributed by atoms with Gasteiger partial charge in [0.2, 0.25) is 0 Å².